The van der Waals surface area contributed by atoms with Gasteiger partial charge in [0.1, 0.15) is 0 Å². The molecule has 126 valence electrons. The molecule has 4 nitrogen and oxygen atoms in total. The highest BCUT2D eigenvalue weighted by molar-refractivity contribution is 7.10. The van der Waals surface area contributed by atoms with E-state index in [0.29, 0.717) is 18.3 Å². The Kier molecular flexibility index (Phi) is 4.12. The molecule has 1 aliphatic heterocycles. The zero-order chi connectivity index (χ0) is 16.7. The molecule has 0 bridgehead atoms. The zero-order valence-electron chi connectivity index (χ0n) is 14.2. The van der Waals surface area contributed by atoms with E-state index in [1.807, 2.05) is 0 Å². The fourth-order valence-corrected chi connectivity index (χ4v) is 4.97. The largest absolute Gasteiger partial charge is 0.340 e. The number of Topliss-reactive ketones (excluding diaryl/α,β-unsaturated/α-hetero) is 1. The van der Waals surface area contributed by atoms with Gasteiger partial charge in [-0.2, -0.15) is 0 Å². The van der Waals surface area contributed by atoms with Gasteiger partial charge in [0.25, 0.3) is 0 Å². The van der Waals surface area contributed by atoms with Gasteiger partial charge in [-0.15, -0.1) is 11.3 Å². The van der Waals surface area contributed by atoms with Crippen LogP contribution in [-0.4, -0.2) is 28.8 Å². The van der Waals surface area contributed by atoms with Crippen LogP contribution in [0.5, 0.6) is 0 Å². The van der Waals surface area contributed by atoms with Gasteiger partial charge >= 0.3 is 0 Å². The number of fused-ring (bicyclic) bond motifs is 1. The monoisotopic (exact) mass is 341 g/mol. The van der Waals surface area contributed by atoms with Crippen LogP contribution in [0.2, 0.25) is 0 Å². The van der Waals surface area contributed by atoms with Crippen LogP contribution in [0.1, 0.15) is 53.5 Å². The van der Waals surface area contributed by atoms with E-state index in [9.17, 15) is 4.79 Å². The minimum atomic E-state index is 0.182. The van der Waals surface area contributed by atoms with Crippen molar-refractivity contribution >= 4 is 23.1 Å². The van der Waals surface area contributed by atoms with Crippen LogP contribution in [0.25, 0.3) is 0 Å². The van der Waals surface area contributed by atoms with Gasteiger partial charge in [-0.3, -0.25) is 4.79 Å². The molecule has 1 aliphatic carbocycles. The van der Waals surface area contributed by atoms with E-state index in [2.05, 4.69) is 41.2 Å². The molecular weight excluding hydrogens is 318 g/mol. The van der Waals surface area contributed by atoms with Gasteiger partial charge in [-0.1, -0.05) is 19.9 Å². The van der Waals surface area contributed by atoms with Gasteiger partial charge in [0.2, 0.25) is 5.95 Å². The summed E-state index contributed by atoms with van der Waals surface area (Å²) in [4.78, 5) is 25.4. The third kappa shape index (κ3) is 2.97. The highest BCUT2D eigenvalue weighted by atomic mass is 32.1. The van der Waals surface area contributed by atoms with E-state index in [1.54, 1.807) is 17.5 Å². The van der Waals surface area contributed by atoms with Crippen molar-refractivity contribution < 1.29 is 4.79 Å². The van der Waals surface area contributed by atoms with Crippen LogP contribution in [0, 0.1) is 11.8 Å². The van der Waals surface area contributed by atoms with Crippen LogP contribution in [0.4, 0.5) is 5.95 Å². The molecule has 2 aliphatic rings. The van der Waals surface area contributed by atoms with E-state index < -0.39 is 0 Å². The van der Waals surface area contributed by atoms with Crippen molar-refractivity contribution in [3.8, 4) is 0 Å². The summed E-state index contributed by atoms with van der Waals surface area (Å²) in [5.74, 6) is 2.57. The first-order chi connectivity index (χ1) is 11.6. The number of ketones is 1. The number of piperidine rings is 1. The molecule has 3 unspecified atom stereocenters. The summed E-state index contributed by atoms with van der Waals surface area (Å²) < 4.78 is 0. The van der Waals surface area contributed by atoms with Crippen LogP contribution < -0.4 is 4.90 Å². The highest BCUT2D eigenvalue weighted by Crippen LogP contribution is 2.34. The second kappa shape index (κ2) is 6.28. The molecule has 0 aromatic carbocycles. The van der Waals surface area contributed by atoms with Crippen molar-refractivity contribution in [2.75, 3.05) is 18.0 Å². The summed E-state index contributed by atoms with van der Waals surface area (Å²) >= 11 is 1.73. The Bertz CT molecular complexity index is 733. The Morgan fingerprint density at radius 2 is 2.00 bits per heavy atom. The number of anilines is 1. The number of aromatic nitrogens is 2. The lowest BCUT2D eigenvalue weighted by Gasteiger charge is -2.35. The lowest BCUT2D eigenvalue weighted by molar-refractivity contribution is 0.0963. The number of nitrogens with zero attached hydrogens (tertiary/aromatic N) is 3. The summed E-state index contributed by atoms with van der Waals surface area (Å²) in [5, 5.41) is 2.08. The number of hydrogen-bond acceptors (Lipinski definition) is 5. The maximum absolute atomic E-state index is 12.5. The summed E-state index contributed by atoms with van der Waals surface area (Å²) in [6.45, 7) is 6.59. The summed E-state index contributed by atoms with van der Waals surface area (Å²) in [7, 11) is 0. The quantitative estimate of drug-likeness (QED) is 0.830. The fraction of sp³-hybridized carbons (Fsp3) is 0.526. The standard InChI is InChI=1S/C19H23N3OS/c1-12-6-13(2)11-22(10-12)19-20-9-15-16(21-19)7-14(8-17(15)23)18-4-3-5-24-18/h3-5,9,12-14H,6-8,10-11H2,1-2H3. The van der Waals surface area contributed by atoms with Gasteiger partial charge < -0.3 is 4.90 Å². The van der Waals surface area contributed by atoms with Crippen molar-refractivity contribution in [3.05, 3.63) is 39.8 Å². The number of carbonyl (C=O) groups is 1. The van der Waals surface area contributed by atoms with Crippen LogP contribution >= 0.6 is 11.3 Å². The summed E-state index contributed by atoms with van der Waals surface area (Å²) in [6, 6.07) is 4.19. The van der Waals surface area contributed by atoms with Crippen molar-refractivity contribution in [3.63, 3.8) is 0 Å². The molecule has 5 heteroatoms. The Balaban J connectivity index is 1.62. The molecule has 1 fully saturated rings. The van der Waals surface area contributed by atoms with Crippen molar-refractivity contribution in [1.29, 1.82) is 0 Å². The topological polar surface area (TPSA) is 46.1 Å². The molecule has 0 N–H and O–H groups in total. The predicted molar refractivity (Wildman–Crippen MR) is 96.9 cm³/mol. The Morgan fingerprint density at radius 1 is 1.21 bits per heavy atom. The molecular formula is C19H23N3OS. The smallest absolute Gasteiger partial charge is 0.225 e. The second-order valence-corrected chi connectivity index (χ2v) is 8.40. The van der Waals surface area contributed by atoms with E-state index in [0.717, 1.165) is 36.7 Å². The fourth-order valence-electron chi connectivity index (χ4n) is 4.14. The third-order valence-corrected chi connectivity index (χ3v) is 6.16. The minimum Gasteiger partial charge on any atom is -0.340 e. The van der Waals surface area contributed by atoms with Gasteiger partial charge in [-0.05, 0) is 36.1 Å². The molecule has 2 aromatic rings. The van der Waals surface area contributed by atoms with Crippen molar-refractivity contribution in [2.24, 2.45) is 11.8 Å². The molecule has 4 rings (SSSR count). The normalized spacial score (nSPS) is 27.2. The summed E-state index contributed by atoms with van der Waals surface area (Å²) in [6.07, 6.45) is 4.44. The molecule has 0 spiro atoms. The minimum absolute atomic E-state index is 0.182. The molecule has 0 saturated carbocycles. The Labute approximate surface area is 146 Å². The second-order valence-electron chi connectivity index (χ2n) is 7.43. The van der Waals surface area contributed by atoms with E-state index in [-0.39, 0.29) is 11.7 Å². The average Bonchev–Trinajstić information content (AvgIpc) is 3.08. The first-order valence-electron chi connectivity index (χ1n) is 8.77. The lowest BCUT2D eigenvalue weighted by Crippen LogP contribution is -2.40. The zero-order valence-corrected chi connectivity index (χ0v) is 15.1. The maximum atomic E-state index is 12.5. The number of thiophene rings is 1. The Morgan fingerprint density at radius 3 is 2.71 bits per heavy atom. The average molecular weight is 341 g/mol. The van der Waals surface area contributed by atoms with Gasteiger partial charge in [0.05, 0.1) is 11.3 Å². The first-order valence-corrected chi connectivity index (χ1v) is 9.65. The number of carbonyl (C=O) groups excluding carboxylic acids is 1. The molecule has 0 radical (unpaired) electrons. The molecule has 3 atom stereocenters. The van der Waals surface area contributed by atoms with Gasteiger partial charge in [0.15, 0.2) is 5.78 Å². The van der Waals surface area contributed by atoms with E-state index in [1.165, 1.54) is 11.3 Å². The van der Waals surface area contributed by atoms with Gasteiger partial charge in [-0.25, -0.2) is 9.97 Å². The van der Waals surface area contributed by atoms with E-state index in [4.69, 9.17) is 4.98 Å². The maximum Gasteiger partial charge on any atom is 0.225 e. The Hall–Kier alpha value is -1.75. The first kappa shape index (κ1) is 15.8. The van der Waals surface area contributed by atoms with Crippen LogP contribution in [0.3, 0.4) is 0 Å². The highest BCUT2D eigenvalue weighted by Gasteiger charge is 2.30. The SMILES string of the molecule is CC1CC(C)CN(c2ncc3c(n2)CC(c2cccs2)CC3=O)C1. The van der Waals surface area contributed by atoms with Gasteiger partial charge in [0, 0.05) is 36.5 Å². The number of rotatable bonds is 2. The van der Waals surface area contributed by atoms with E-state index >= 15 is 0 Å². The third-order valence-electron chi connectivity index (χ3n) is 5.12. The number of hydrogen-bond donors (Lipinski definition) is 0. The molecule has 1 saturated heterocycles. The predicted octanol–water partition coefficient (Wildman–Crippen LogP) is 3.93. The molecule has 24 heavy (non-hydrogen) atoms. The molecule has 0 amide bonds. The molecule has 3 heterocycles. The van der Waals surface area contributed by atoms with Crippen LogP contribution in [0.15, 0.2) is 23.7 Å². The van der Waals surface area contributed by atoms with Crippen LogP contribution in [-0.2, 0) is 6.42 Å². The van der Waals surface area contributed by atoms with Crippen molar-refractivity contribution in [1.82, 2.24) is 9.97 Å². The molecule has 2 aromatic heterocycles. The summed E-state index contributed by atoms with van der Waals surface area (Å²) in [5.41, 5.74) is 1.66. The van der Waals surface area contributed by atoms with Crippen molar-refractivity contribution in [2.45, 2.75) is 39.0 Å². The lowest BCUT2D eigenvalue weighted by atomic mass is 9.85.